The first-order valence-corrected chi connectivity index (χ1v) is 49.9. The summed E-state index contributed by atoms with van der Waals surface area (Å²) in [6.07, 6.45) is 14.7. The third kappa shape index (κ3) is 18.7. The molecule has 27 rings (SSSR count). The van der Waals surface area contributed by atoms with E-state index in [4.69, 9.17) is 44.9 Å². The zero-order chi connectivity index (χ0) is 99.8. The van der Waals surface area contributed by atoms with E-state index in [9.17, 15) is 0 Å². The van der Waals surface area contributed by atoms with Crippen molar-refractivity contribution in [3.63, 3.8) is 0 Å². The molecule has 0 spiro atoms. The van der Waals surface area contributed by atoms with Crippen molar-refractivity contribution in [2.45, 2.75) is 0 Å². The lowest BCUT2D eigenvalue weighted by molar-refractivity contribution is 1.07. The molecular weight excluding hydrogens is 1830 g/mol. The Kier molecular flexibility index (Phi) is 24.9. The van der Waals surface area contributed by atoms with Crippen LogP contribution < -0.4 is 0 Å². The first-order chi connectivity index (χ1) is 74.3. The second kappa shape index (κ2) is 41.1. The van der Waals surface area contributed by atoms with Gasteiger partial charge < -0.3 is 0 Å². The molecular formula is C136H88N14. The Bertz CT molecular complexity index is 8530. The summed E-state index contributed by atoms with van der Waals surface area (Å²) in [5, 5.41) is 10.2. The van der Waals surface area contributed by atoms with Crippen molar-refractivity contribution in [1.29, 1.82) is 0 Å². The highest BCUT2D eigenvalue weighted by molar-refractivity contribution is 6.20. The average Bonchev–Trinajstić information content (AvgIpc) is 0.745. The smallest absolute Gasteiger partial charge is 0.164 e. The van der Waals surface area contributed by atoms with Crippen LogP contribution in [0.1, 0.15) is 0 Å². The molecule has 150 heavy (non-hydrogen) atoms. The van der Waals surface area contributed by atoms with Crippen molar-refractivity contribution in [3.05, 3.63) is 535 Å². The maximum Gasteiger partial charge on any atom is 0.164 e. The van der Waals surface area contributed by atoms with Crippen molar-refractivity contribution >= 4 is 65.0 Å². The summed E-state index contributed by atoms with van der Waals surface area (Å²) in [5.74, 6) is 2.62. The van der Waals surface area contributed by atoms with Crippen molar-refractivity contribution in [2.24, 2.45) is 0 Å². The number of pyridine rings is 9. The number of aromatic nitrogens is 14. The standard InChI is InChI=1S/C46H30N4.2C45H29N5/c1-4-12-32(13-5-1)38-19-10-20-40-44(38)39-26-25-36(28-43(39)48-45(40)37-18-11-27-47-30-37)31-21-23-34(24-22-31)42-29-41(33-14-6-2-7-15-33)49-46(50-42)35-16-8-3-9-17-35;1-4-12-31(13-5-1)37-19-10-20-39-41(37)38-26-25-35(28-40(38)47-42(39)36-18-11-27-46-29-36)30-21-23-34(24-22-30)45-49-43(32-14-6-2-7-15-32)48-44(50-45)33-16-8-3-9-17-33;1-2-10-32(11-3-1)36-13-8-14-38-44(36)37-22-21-33(26-41(37)50-45(38)34-12-9-23-46-29-34)30-17-19-31(20-18-30)35-27-42(39-15-4-6-24-47-39)49-43(28-35)40-16-5-7-25-48-40/h1-30H;2*1-29H. The van der Waals surface area contributed by atoms with E-state index in [2.05, 4.69) is 359 Å². The quantitative estimate of drug-likeness (QED) is 0.0740. The molecule has 0 aliphatic carbocycles. The van der Waals surface area contributed by atoms with E-state index in [-0.39, 0.29) is 0 Å². The van der Waals surface area contributed by atoms with Gasteiger partial charge in [0.2, 0.25) is 0 Å². The Morgan fingerprint density at radius 1 is 0.127 bits per heavy atom. The molecule has 0 atom stereocenters. The summed E-state index contributed by atoms with van der Waals surface area (Å²) in [6.45, 7) is 0. The molecule has 0 amide bonds. The number of nitrogens with zero attached hydrogens (tertiary/aromatic N) is 14. The maximum atomic E-state index is 5.28. The normalized spacial score (nSPS) is 11.2. The molecule has 0 aliphatic rings. The van der Waals surface area contributed by atoms with Crippen LogP contribution in [0.3, 0.4) is 0 Å². The SMILES string of the molecule is c1ccc(-c2cc(-c3ccc(-c4ccc5c(c4)nc(-c4cccnc4)c4cccc(-c6ccccc6)c45)cc3)nc(-c3ccccc3)n2)cc1.c1ccc(-c2cccc3c(-c4cccnc4)nc4cc(-c5ccc(-c6cc(-c7ccccn7)nc(-c7ccccn7)c6)cc5)ccc4c23)cc1.c1ccc(-c2nc(-c3ccccc3)nc(-c3ccc(-c4ccc5c(c4)nc(-c4cccnc4)c4cccc(-c6ccccc6)c45)cc3)n2)cc1. The van der Waals surface area contributed by atoms with Gasteiger partial charge in [0.1, 0.15) is 0 Å². The first kappa shape index (κ1) is 90.8. The van der Waals surface area contributed by atoms with E-state index >= 15 is 0 Å². The van der Waals surface area contributed by atoms with E-state index in [0.29, 0.717) is 23.3 Å². The van der Waals surface area contributed by atoms with Crippen LogP contribution in [0.2, 0.25) is 0 Å². The monoisotopic (exact) mass is 1920 g/mol. The van der Waals surface area contributed by atoms with Crippen LogP contribution in [0.4, 0.5) is 0 Å². The molecule has 14 nitrogen and oxygen atoms in total. The van der Waals surface area contributed by atoms with Gasteiger partial charge in [-0.15, -0.1) is 0 Å². The Labute approximate surface area is 866 Å². The number of hydrogen-bond acceptors (Lipinski definition) is 14. The summed E-state index contributed by atoms with van der Waals surface area (Å²) < 4.78 is 0. The molecule has 0 saturated carbocycles. The Hall–Kier alpha value is -20.5. The molecule has 0 radical (unpaired) electrons. The Morgan fingerprint density at radius 3 is 0.707 bits per heavy atom. The number of hydrogen-bond donors (Lipinski definition) is 0. The van der Waals surface area contributed by atoms with Gasteiger partial charge in [-0.25, -0.2) is 44.9 Å². The predicted molar refractivity (Wildman–Crippen MR) is 611 cm³/mol. The molecule has 16 aromatic carbocycles. The number of benzene rings is 16. The molecule has 0 aliphatic heterocycles. The van der Waals surface area contributed by atoms with Gasteiger partial charge in [-0.3, -0.25) is 24.9 Å². The molecule has 14 heteroatoms. The third-order valence-electron chi connectivity index (χ3n) is 27.3. The molecule has 0 fully saturated rings. The highest BCUT2D eigenvalue weighted by atomic mass is 15.0. The van der Waals surface area contributed by atoms with Gasteiger partial charge in [-0.2, -0.15) is 0 Å². The van der Waals surface area contributed by atoms with E-state index in [0.717, 1.165) is 195 Å². The van der Waals surface area contributed by atoms with Crippen LogP contribution in [-0.2, 0) is 0 Å². The molecule has 11 aromatic heterocycles. The van der Waals surface area contributed by atoms with E-state index < -0.39 is 0 Å². The summed E-state index contributed by atoms with van der Waals surface area (Å²) in [7, 11) is 0. The third-order valence-corrected chi connectivity index (χ3v) is 27.3. The van der Waals surface area contributed by atoms with Crippen LogP contribution in [0.25, 0.3) is 268 Å². The molecule has 702 valence electrons. The maximum absolute atomic E-state index is 5.28. The second-order valence-electron chi connectivity index (χ2n) is 36.6. The lowest BCUT2D eigenvalue weighted by Gasteiger charge is -2.15. The zero-order valence-corrected chi connectivity index (χ0v) is 81.1. The molecule has 11 heterocycles. The van der Waals surface area contributed by atoms with E-state index in [1.54, 1.807) is 31.0 Å². The molecule has 0 unspecified atom stereocenters. The van der Waals surface area contributed by atoms with Gasteiger partial charge in [0.25, 0.3) is 0 Å². The van der Waals surface area contributed by atoms with Gasteiger partial charge in [0.05, 0.1) is 67.8 Å². The largest absolute Gasteiger partial charge is 0.264 e. The molecule has 27 aromatic rings. The van der Waals surface area contributed by atoms with Crippen LogP contribution in [-0.4, -0.2) is 69.8 Å². The van der Waals surface area contributed by atoms with Crippen LogP contribution in [0, 0.1) is 0 Å². The predicted octanol–water partition coefficient (Wildman–Crippen LogP) is 33.5. The summed E-state index contributed by atoms with van der Waals surface area (Å²) in [5.41, 5.74) is 35.3. The lowest BCUT2D eigenvalue weighted by Crippen LogP contribution is -2.00. The fourth-order valence-electron chi connectivity index (χ4n) is 19.9. The molecule has 0 bridgehead atoms. The van der Waals surface area contributed by atoms with Crippen molar-refractivity contribution in [3.8, 4) is 203 Å². The molecule has 0 N–H and O–H groups in total. The van der Waals surface area contributed by atoms with Gasteiger partial charge in [0.15, 0.2) is 23.3 Å². The Morgan fingerprint density at radius 2 is 0.393 bits per heavy atom. The van der Waals surface area contributed by atoms with Gasteiger partial charge in [0, 0.05) is 148 Å². The van der Waals surface area contributed by atoms with E-state index in [1.165, 1.54) is 49.5 Å². The second-order valence-corrected chi connectivity index (χ2v) is 36.6. The van der Waals surface area contributed by atoms with E-state index in [1.807, 2.05) is 170 Å². The highest BCUT2D eigenvalue weighted by Gasteiger charge is 2.24. The minimum atomic E-state index is 0.630. The van der Waals surface area contributed by atoms with Crippen molar-refractivity contribution in [2.75, 3.05) is 0 Å². The van der Waals surface area contributed by atoms with Crippen LogP contribution in [0.15, 0.2) is 535 Å². The minimum absolute atomic E-state index is 0.630. The zero-order valence-electron chi connectivity index (χ0n) is 81.1. The topological polar surface area (TPSA) is 180 Å². The van der Waals surface area contributed by atoms with Crippen LogP contribution in [0.5, 0.6) is 0 Å². The lowest BCUT2D eigenvalue weighted by atomic mass is 9.92. The van der Waals surface area contributed by atoms with Gasteiger partial charge in [-0.1, -0.05) is 388 Å². The van der Waals surface area contributed by atoms with Gasteiger partial charge >= 0.3 is 0 Å². The minimum Gasteiger partial charge on any atom is -0.264 e. The fourth-order valence-corrected chi connectivity index (χ4v) is 19.9. The summed E-state index contributed by atoms with van der Waals surface area (Å²) in [6, 6.07) is 167. The van der Waals surface area contributed by atoms with Crippen molar-refractivity contribution in [1.82, 2.24) is 69.8 Å². The summed E-state index contributed by atoms with van der Waals surface area (Å²) in [4.78, 5) is 67.8. The Balaban J connectivity index is 0.000000116. The van der Waals surface area contributed by atoms with Gasteiger partial charge in [-0.05, 0) is 175 Å². The first-order valence-electron chi connectivity index (χ1n) is 49.9. The molecule has 0 saturated heterocycles. The fraction of sp³-hybridized carbons (Fsp3) is 0. The highest BCUT2D eigenvalue weighted by Crippen LogP contribution is 2.46. The summed E-state index contributed by atoms with van der Waals surface area (Å²) >= 11 is 0. The van der Waals surface area contributed by atoms with Crippen molar-refractivity contribution < 1.29 is 0 Å². The number of fused-ring (bicyclic) bond motifs is 9. The number of rotatable bonds is 18. The average molecular weight is 1920 g/mol. The van der Waals surface area contributed by atoms with Crippen LogP contribution >= 0.6 is 0 Å².